The normalized spacial score (nSPS) is 13.4. The molecule has 2 aromatic rings. The summed E-state index contributed by atoms with van der Waals surface area (Å²) in [7, 11) is 0. The molecule has 2 aromatic heterocycles. The molecule has 0 spiro atoms. The number of pyridine rings is 1. The van der Waals surface area contributed by atoms with Gasteiger partial charge in [0.2, 0.25) is 11.0 Å². The number of carbonyl (C=O) groups excluding carboxylic acids is 1. The van der Waals surface area contributed by atoms with Gasteiger partial charge in [0.15, 0.2) is 11.6 Å². The summed E-state index contributed by atoms with van der Waals surface area (Å²) in [5.41, 5.74) is 0. The smallest absolute Gasteiger partial charge is 0.230 e. The largest absolute Gasteiger partial charge is 0.504 e. The van der Waals surface area contributed by atoms with E-state index in [0.717, 1.165) is 12.2 Å². The van der Waals surface area contributed by atoms with E-state index in [4.69, 9.17) is 0 Å². The molecule has 22 heavy (non-hydrogen) atoms. The van der Waals surface area contributed by atoms with Gasteiger partial charge in [-0.1, -0.05) is 13.8 Å². The van der Waals surface area contributed by atoms with E-state index >= 15 is 0 Å². The van der Waals surface area contributed by atoms with Crippen molar-refractivity contribution in [2.45, 2.75) is 33.2 Å². The van der Waals surface area contributed by atoms with Crippen molar-refractivity contribution in [3.63, 3.8) is 0 Å². The predicted molar refractivity (Wildman–Crippen MR) is 86.1 cm³/mol. The lowest BCUT2D eigenvalue weighted by Crippen LogP contribution is -2.34. The molecule has 0 aliphatic heterocycles. The van der Waals surface area contributed by atoms with Gasteiger partial charge in [0.05, 0.1) is 5.92 Å². The summed E-state index contributed by atoms with van der Waals surface area (Å²) in [5, 5.41) is 16.1. The summed E-state index contributed by atoms with van der Waals surface area (Å²) in [6.07, 6.45) is 2.29. The molecule has 2 atom stereocenters. The third-order valence-electron chi connectivity index (χ3n) is 3.33. The molecule has 0 aliphatic carbocycles. The van der Waals surface area contributed by atoms with Crippen LogP contribution in [-0.4, -0.2) is 31.4 Å². The summed E-state index contributed by atoms with van der Waals surface area (Å²) < 4.78 is 4.20. The van der Waals surface area contributed by atoms with E-state index in [1.54, 1.807) is 13.0 Å². The fraction of sp³-hybridized carbons (Fsp3) is 0.429. The van der Waals surface area contributed by atoms with E-state index in [0.29, 0.717) is 5.13 Å². The molecule has 8 heteroatoms. The van der Waals surface area contributed by atoms with Crippen LogP contribution in [-0.2, 0) is 11.2 Å². The first kappa shape index (κ1) is 16.2. The molecule has 118 valence electrons. The van der Waals surface area contributed by atoms with E-state index in [-0.39, 0.29) is 29.4 Å². The van der Waals surface area contributed by atoms with Gasteiger partial charge < -0.3 is 15.7 Å². The monoisotopic (exact) mass is 321 g/mol. The minimum absolute atomic E-state index is 0.0552. The number of rotatable bonds is 6. The highest BCUT2D eigenvalue weighted by molar-refractivity contribution is 7.09. The van der Waals surface area contributed by atoms with Gasteiger partial charge in [-0.05, 0) is 19.1 Å². The Morgan fingerprint density at radius 3 is 2.86 bits per heavy atom. The number of aryl methyl sites for hydroxylation is 1. The van der Waals surface area contributed by atoms with Gasteiger partial charge in [0.25, 0.3) is 0 Å². The number of aromatic nitrogens is 3. The van der Waals surface area contributed by atoms with Crippen LogP contribution in [0.15, 0.2) is 18.3 Å². The summed E-state index contributed by atoms with van der Waals surface area (Å²) >= 11 is 1.28. The van der Waals surface area contributed by atoms with Gasteiger partial charge in [0, 0.05) is 30.2 Å². The molecule has 0 aliphatic rings. The maximum Gasteiger partial charge on any atom is 0.230 e. The molecule has 3 N–H and O–H groups in total. The fourth-order valence-corrected chi connectivity index (χ4v) is 2.47. The zero-order valence-electron chi connectivity index (χ0n) is 12.7. The Morgan fingerprint density at radius 1 is 1.45 bits per heavy atom. The van der Waals surface area contributed by atoms with Gasteiger partial charge in [0.1, 0.15) is 5.82 Å². The fourth-order valence-electron chi connectivity index (χ4n) is 1.73. The minimum atomic E-state index is -0.338. The number of nitrogens with zero attached hydrogens (tertiary/aromatic N) is 3. The number of amides is 1. The summed E-state index contributed by atoms with van der Waals surface area (Å²) in [6, 6.07) is 2.94. The molecule has 0 radical (unpaired) electrons. The van der Waals surface area contributed by atoms with Crippen LogP contribution in [0.2, 0.25) is 0 Å². The zero-order chi connectivity index (χ0) is 16.1. The van der Waals surface area contributed by atoms with E-state index < -0.39 is 0 Å². The Kier molecular flexibility index (Phi) is 5.26. The van der Waals surface area contributed by atoms with Crippen molar-refractivity contribution in [1.29, 1.82) is 0 Å². The highest BCUT2D eigenvalue weighted by Crippen LogP contribution is 2.21. The second kappa shape index (κ2) is 7.17. The van der Waals surface area contributed by atoms with Crippen molar-refractivity contribution in [3.05, 3.63) is 24.2 Å². The third-order valence-corrected chi connectivity index (χ3v) is 4.01. The van der Waals surface area contributed by atoms with Crippen molar-refractivity contribution in [2.24, 2.45) is 5.92 Å². The molecule has 0 bridgehead atoms. The number of hydrogen-bond donors (Lipinski definition) is 3. The predicted octanol–water partition coefficient (Wildman–Crippen LogP) is 2.28. The first-order valence-corrected chi connectivity index (χ1v) is 7.82. The van der Waals surface area contributed by atoms with Crippen molar-refractivity contribution in [1.82, 2.24) is 14.3 Å². The lowest BCUT2D eigenvalue weighted by Gasteiger charge is -2.20. The van der Waals surface area contributed by atoms with Gasteiger partial charge in [-0.2, -0.15) is 4.37 Å². The topological polar surface area (TPSA) is 100 Å². The van der Waals surface area contributed by atoms with Gasteiger partial charge in [-0.15, -0.1) is 0 Å². The number of anilines is 2. The molecule has 2 heterocycles. The van der Waals surface area contributed by atoms with E-state index in [1.165, 1.54) is 23.8 Å². The highest BCUT2D eigenvalue weighted by Gasteiger charge is 2.22. The van der Waals surface area contributed by atoms with Gasteiger partial charge >= 0.3 is 0 Å². The molecule has 2 rings (SSSR count). The molecule has 0 saturated carbocycles. The van der Waals surface area contributed by atoms with Crippen LogP contribution in [0.25, 0.3) is 0 Å². The lowest BCUT2D eigenvalue weighted by atomic mass is 10.0. The number of aromatic hydroxyl groups is 1. The van der Waals surface area contributed by atoms with Crippen LogP contribution in [0.3, 0.4) is 0 Å². The minimum Gasteiger partial charge on any atom is -0.504 e. The van der Waals surface area contributed by atoms with Crippen molar-refractivity contribution < 1.29 is 9.90 Å². The van der Waals surface area contributed by atoms with Crippen LogP contribution in [0.4, 0.5) is 10.9 Å². The average molecular weight is 321 g/mol. The van der Waals surface area contributed by atoms with Gasteiger partial charge in [-0.25, -0.2) is 9.97 Å². The summed E-state index contributed by atoms with van der Waals surface area (Å²) in [4.78, 5) is 20.5. The maximum absolute atomic E-state index is 12.2. The standard InChI is InChI=1S/C14H19N5O2S/c1-4-11-17-14(22-19-11)16-9(3)8(2)13(21)18-12-10(20)6-5-7-15-12/h5-9,20H,4H2,1-3H3,(H,15,18,21)(H,16,17,19)/t8-,9-/m1/s1. The Morgan fingerprint density at radius 2 is 2.23 bits per heavy atom. The number of carbonyl (C=O) groups is 1. The summed E-state index contributed by atoms with van der Waals surface area (Å²) in [5.74, 6) is 0.330. The molecule has 7 nitrogen and oxygen atoms in total. The van der Waals surface area contributed by atoms with Gasteiger partial charge in [-0.3, -0.25) is 4.79 Å². The second-order valence-electron chi connectivity index (χ2n) is 4.95. The molecule has 1 amide bonds. The van der Waals surface area contributed by atoms with Crippen LogP contribution in [0, 0.1) is 5.92 Å². The van der Waals surface area contributed by atoms with Crippen molar-refractivity contribution in [2.75, 3.05) is 10.6 Å². The first-order chi connectivity index (χ1) is 10.5. The molecular weight excluding hydrogens is 302 g/mol. The van der Waals surface area contributed by atoms with Crippen molar-refractivity contribution >= 4 is 28.4 Å². The molecule has 0 aromatic carbocycles. The Balaban J connectivity index is 1.96. The van der Waals surface area contributed by atoms with Crippen LogP contribution < -0.4 is 10.6 Å². The molecule has 0 saturated heterocycles. The Hall–Kier alpha value is -2.22. The van der Waals surface area contributed by atoms with E-state index in [1.807, 2.05) is 13.8 Å². The van der Waals surface area contributed by atoms with Crippen LogP contribution >= 0.6 is 11.5 Å². The zero-order valence-corrected chi connectivity index (χ0v) is 13.5. The average Bonchev–Trinajstić information content (AvgIpc) is 2.96. The van der Waals surface area contributed by atoms with Crippen LogP contribution in [0.5, 0.6) is 5.75 Å². The number of hydrogen-bond acceptors (Lipinski definition) is 7. The Labute approximate surface area is 133 Å². The first-order valence-electron chi connectivity index (χ1n) is 7.05. The highest BCUT2D eigenvalue weighted by atomic mass is 32.1. The number of nitrogens with one attached hydrogen (secondary N) is 2. The lowest BCUT2D eigenvalue weighted by molar-refractivity contribution is -0.119. The second-order valence-corrected chi connectivity index (χ2v) is 5.70. The Bertz CT molecular complexity index is 646. The van der Waals surface area contributed by atoms with Crippen molar-refractivity contribution in [3.8, 4) is 5.75 Å². The summed E-state index contributed by atoms with van der Waals surface area (Å²) in [6.45, 7) is 5.69. The SMILES string of the molecule is CCc1nsc(N[C@H](C)[C@@H](C)C(=O)Nc2ncccc2O)n1. The van der Waals surface area contributed by atoms with E-state index in [2.05, 4.69) is 25.0 Å². The quantitative estimate of drug-likeness (QED) is 0.755. The maximum atomic E-state index is 12.2. The molecule has 0 unspecified atom stereocenters. The molecule has 0 fully saturated rings. The van der Waals surface area contributed by atoms with Crippen LogP contribution in [0.1, 0.15) is 26.6 Å². The molecular formula is C14H19N5O2S. The third kappa shape index (κ3) is 3.91. The van der Waals surface area contributed by atoms with E-state index in [9.17, 15) is 9.90 Å².